The number of nitriles is 1. The van der Waals surface area contributed by atoms with Crippen LogP contribution in [0.1, 0.15) is 18.4 Å². The van der Waals surface area contributed by atoms with Crippen molar-refractivity contribution in [2.45, 2.75) is 18.1 Å². The molecule has 20 heavy (non-hydrogen) atoms. The fourth-order valence-electron chi connectivity index (χ4n) is 2.60. The van der Waals surface area contributed by atoms with E-state index in [1.165, 1.54) is 25.1 Å². The fraction of sp³-hybridized carbons (Fsp3) is 0.385. The van der Waals surface area contributed by atoms with Crippen LogP contribution in [0.25, 0.3) is 0 Å². The van der Waals surface area contributed by atoms with Gasteiger partial charge in [0.15, 0.2) is 15.3 Å². The normalized spacial score (nSPS) is 28.6. The second-order valence-corrected chi connectivity index (χ2v) is 7.10. The van der Waals surface area contributed by atoms with Gasteiger partial charge in [-0.2, -0.15) is 5.26 Å². The lowest BCUT2D eigenvalue weighted by atomic mass is 10.0. The molecular formula is C13H12FNO4S. The average molecular weight is 297 g/mol. The number of rotatable bonds is 4. The quantitative estimate of drug-likeness (QED) is 0.904. The summed E-state index contributed by atoms with van der Waals surface area (Å²) in [5.41, 5.74) is -1.81. The van der Waals surface area contributed by atoms with Crippen LogP contribution in [0.3, 0.4) is 0 Å². The van der Waals surface area contributed by atoms with Crippen LogP contribution in [-0.4, -0.2) is 30.5 Å². The maximum absolute atomic E-state index is 13.2. The first-order valence-corrected chi connectivity index (χ1v) is 7.64. The third-order valence-electron chi connectivity index (χ3n) is 3.67. The van der Waals surface area contributed by atoms with Crippen molar-refractivity contribution >= 4 is 15.8 Å². The Bertz CT molecular complexity index is 709. The van der Waals surface area contributed by atoms with Crippen LogP contribution in [0.5, 0.6) is 0 Å². The van der Waals surface area contributed by atoms with Crippen molar-refractivity contribution < 1.29 is 22.7 Å². The number of halogens is 1. The van der Waals surface area contributed by atoms with Gasteiger partial charge in [-0.1, -0.05) is 19.1 Å². The molecule has 2 rings (SSSR count). The Hall–Kier alpha value is -1.94. The minimum absolute atomic E-state index is 0.218. The zero-order valence-corrected chi connectivity index (χ0v) is 11.4. The molecule has 5 nitrogen and oxygen atoms in total. The first-order valence-electron chi connectivity index (χ1n) is 5.93. The van der Waals surface area contributed by atoms with E-state index in [0.717, 1.165) is 6.07 Å². The van der Waals surface area contributed by atoms with Crippen LogP contribution < -0.4 is 0 Å². The van der Waals surface area contributed by atoms with E-state index in [4.69, 9.17) is 5.26 Å². The van der Waals surface area contributed by atoms with Gasteiger partial charge in [-0.05, 0) is 17.7 Å². The predicted octanol–water partition coefficient (Wildman–Crippen LogP) is 1.32. The SMILES string of the molecule is CCS(=O)(=O)[C@H]1[C@@H](c2cccc(F)c2)[C@@]1(C#N)C(=O)O. The van der Waals surface area contributed by atoms with Crippen LogP contribution in [0.2, 0.25) is 0 Å². The van der Waals surface area contributed by atoms with Gasteiger partial charge in [-0.15, -0.1) is 0 Å². The van der Waals surface area contributed by atoms with E-state index in [1.54, 1.807) is 6.07 Å². The van der Waals surface area contributed by atoms with E-state index in [2.05, 4.69) is 0 Å². The molecular weight excluding hydrogens is 285 g/mol. The highest BCUT2D eigenvalue weighted by molar-refractivity contribution is 7.92. The molecule has 0 heterocycles. The highest BCUT2D eigenvalue weighted by Gasteiger charge is 2.76. The molecule has 1 saturated carbocycles. The van der Waals surface area contributed by atoms with E-state index >= 15 is 0 Å². The topological polar surface area (TPSA) is 95.2 Å². The van der Waals surface area contributed by atoms with E-state index in [0.29, 0.717) is 0 Å². The summed E-state index contributed by atoms with van der Waals surface area (Å²) in [7, 11) is -3.73. The van der Waals surface area contributed by atoms with Gasteiger partial charge in [0.1, 0.15) is 11.1 Å². The Labute approximate surface area is 115 Å². The summed E-state index contributed by atoms with van der Waals surface area (Å²) >= 11 is 0. The van der Waals surface area contributed by atoms with Gasteiger partial charge in [0.05, 0.1) is 6.07 Å². The molecule has 1 N–H and O–H groups in total. The molecule has 0 spiro atoms. The highest BCUT2D eigenvalue weighted by Crippen LogP contribution is 2.63. The molecule has 0 radical (unpaired) electrons. The van der Waals surface area contributed by atoms with Gasteiger partial charge in [-0.3, -0.25) is 4.79 Å². The van der Waals surface area contributed by atoms with E-state index < -0.39 is 38.2 Å². The van der Waals surface area contributed by atoms with E-state index in [-0.39, 0.29) is 11.3 Å². The van der Waals surface area contributed by atoms with Crippen LogP contribution in [0.15, 0.2) is 24.3 Å². The number of carboxylic acid groups (broad SMARTS) is 1. The molecule has 106 valence electrons. The summed E-state index contributed by atoms with van der Waals surface area (Å²) in [5.74, 6) is -3.39. The molecule has 1 aliphatic carbocycles. The lowest BCUT2D eigenvalue weighted by Crippen LogP contribution is -2.23. The summed E-state index contributed by atoms with van der Waals surface area (Å²) in [4.78, 5) is 11.4. The summed E-state index contributed by atoms with van der Waals surface area (Å²) in [6.45, 7) is 1.39. The maximum atomic E-state index is 13.2. The average Bonchev–Trinajstić information content (AvgIpc) is 3.10. The first kappa shape index (κ1) is 14.5. The first-order chi connectivity index (χ1) is 9.31. The number of benzene rings is 1. The lowest BCUT2D eigenvalue weighted by Gasteiger charge is -2.02. The monoisotopic (exact) mass is 297 g/mol. The molecule has 0 bridgehead atoms. The molecule has 7 heteroatoms. The standard InChI is InChI=1S/C13H12FNO4S/c1-2-20(18,19)11-10(13(11,7-15)12(16)17)8-4-3-5-9(14)6-8/h3-6,10-11H,2H2,1H3,(H,16,17)/t10-,11+,13-/m1/s1. The zero-order valence-electron chi connectivity index (χ0n) is 10.6. The van der Waals surface area contributed by atoms with E-state index in [1.807, 2.05) is 0 Å². The smallest absolute Gasteiger partial charge is 0.326 e. The molecule has 0 aromatic heterocycles. The molecule has 1 aromatic carbocycles. The van der Waals surface area contributed by atoms with Crippen molar-refractivity contribution in [1.29, 1.82) is 5.26 Å². The van der Waals surface area contributed by atoms with Crippen molar-refractivity contribution in [1.82, 2.24) is 0 Å². The van der Waals surface area contributed by atoms with Crippen LogP contribution >= 0.6 is 0 Å². The third kappa shape index (κ3) is 1.88. The Balaban J connectivity index is 2.58. The highest BCUT2D eigenvalue weighted by atomic mass is 32.2. The lowest BCUT2D eigenvalue weighted by molar-refractivity contribution is -0.141. The number of sulfone groups is 1. The number of nitrogens with zero attached hydrogens (tertiary/aromatic N) is 1. The minimum atomic E-state index is -3.73. The molecule has 0 amide bonds. The summed E-state index contributed by atoms with van der Waals surface area (Å²) in [6.07, 6.45) is 0. The van der Waals surface area contributed by atoms with Crippen LogP contribution in [0, 0.1) is 22.6 Å². The largest absolute Gasteiger partial charge is 0.480 e. The summed E-state index contributed by atoms with van der Waals surface area (Å²) in [6, 6.07) is 6.66. The minimum Gasteiger partial charge on any atom is -0.480 e. The van der Waals surface area contributed by atoms with Gasteiger partial charge in [0.2, 0.25) is 0 Å². The van der Waals surface area contributed by atoms with Crippen LogP contribution in [0.4, 0.5) is 4.39 Å². The maximum Gasteiger partial charge on any atom is 0.326 e. The number of carboxylic acids is 1. The van der Waals surface area contributed by atoms with Gasteiger partial charge < -0.3 is 5.11 Å². The number of carbonyl (C=O) groups is 1. The van der Waals surface area contributed by atoms with Crippen molar-refractivity contribution in [3.63, 3.8) is 0 Å². The Morgan fingerprint density at radius 1 is 1.55 bits per heavy atom. The summed E-state index contributed by atoms with van der Waals surface area (Å²) in [5, 5.41) is 17.1. The Kier molecular flexibility index (Phi) is 3.30. The molecule has 0 aliphatic heterocycles. The Morgan fingerprint density at radius 2 is 2.20 bits per heavy atom. The van der Waals surface area contributed by atoms with Crippen molar-refractivity contribution in [2.24, 2.45) is 5.41 Å². The second-order valence-electron chi connectivity index (χ2n) is 4.69. The molecule has 0 unspecified atom stereocenters. The molecule has 1 aromatic rings. The molecule has 1 aliphatic rings. The molecule has 1 fully saturated rings. The number of aliphatic carboxylic acids is 1. The van der Waals surface area contributed by atoms with Crippen molar-refractivity contribution in [3.8, 4) is 6.07 Å². The van der Waals surface area contributed by atoms with Gasteiger partial charge in [0, 0.05) is 11.7 Å². The zero-order chi connectivity index (χ0) is 15.1. The second kappa shape index (κ2) is 4.56. The Morgan fingerprint density at radius 3 is 2.65 bits per heavy atom. The fourth-order valence-corrected chi connectivity index (χ4v) is 4.53. The number of hydrogen-bond donors (Lipinski definition) is 1. The molecule has 3 atom stereocenters. The number of hydrogen-bond acceptors (Lipinski definition) is 4. The summed E-state index contributed by atoms with van der Waals surface area (Å²) < 4.78 is 37.2. The van der Waals surface area contributed by atoms with Gasteiger partial charge >= 0.3 is 5.97 Å². The van der Waals surface area contributed by atoms with Gasteiger partial charge in [0.25, 0.3) is 0 Å². The third-order valence-corrected chi connectivity index (χ3v) is 5.89. The van der Waals surface area contributed by atoms with Gasteiger partial charge in [-0.25, -0.2) is 12.8 Å². The predicted molar refractivity (Wildman–Crippen MR) is 68.1 cm³/mol. The van der Waals surface area contributed by atoms with Crippen molar-refractivity contribution in [3.05, 3.63) is 35.6 Å². The van der Waals surface area contributed by atoms with E-state index in [9.17, 15) is 22.7 Å². The van der Waals surface area contributed by atoms with Crippen molar-refractivity contribution in [2.75, 3.05) is 5.75 Å². The molecule has 0 saturated heterocycles. The van der Waals surface area contributed by atoms with Crippen LogP contribution in [-0.2, 0) is 14.6 Å².